The third-order valence-electron chi connectivity index (χ3n) is 2.84. The van der Waals surface area contributed by atoms with Gasteiger partial charge < -0.3 is 14.7 Å². The van der Waals surface area contributed by atoms with Gasteiger partial charge in [-0.3, -0.25) is 0 Å². The molecule has 0 saturated carbocycles. The molecule has 17 heavy (non-hydrogen) atoms. The van der Waals surface area contributed by atoms with Crippen molar-refractivity contribution in [3.63, 3.8) is 0 Å². The molecule has 1 N–H and O–H groups in total. The van der Waals surface area contributed by atoms with Gasteiger partial charge in [0.2, 0.25) is 0 Å². The highest BCUT2D eigenvalue weighted by atomic mass is 16.5. The highest BCUT2D eigenvalue weighted by Crippen LogP contribution is 2.18. The van der Waals surface area contributed by atoms with Gasteiger partial charge in [-0.15, -0.1) is 0 Å². The van der Waals surface area contributed by atoms with Crippen molar-refractivity contribution in [1.29, 1.82) is 0 Å². The summed E-state index contributed by atoms with van der Waals surface area (Å²) in [6.45, 7) is 1.47. The Morgan fingerprint density at radius 1 is 1.47 bits per heavy atom. The van der Waals surface area contributed by atoms with Gasteiger partial charge in [-0.2, -0.15) is 0 Å². The molecular weight excluding hydrogens is 222 g/mol. The SMILES string of the molecule is COC(=O)c1cc(N2CCC(O)CC2)ncn1. The number of hydrogen-bond acceptors (Lipinski definition) is 6. The molecule has 1 fully saturated rings. The van der Waals surface area contributed by atoms with Gasteiger partial charge in [-0.25, -0.2) is 14.8 Å². The first-order chi connectivity index (χ1) is 8.20. The maximum absolute atomic E-state index is 11.3. The lowest BCUT2D eigenvalue weighted by atomic mass is 10.1. The van der Waals surface area contributed by atoms with Crippen LogP contribution in [0.15, 0.2) is 12.4 Å². The van der Waals surface area contributed by atoms with Gasteiger partial charge in [0.05, 0.1) is 13.2 Å². The van der Waals surface area contributed by atoms with Crippen LogP contribution in [0.5, 0.6) is 0 Å². The van der Waals surface area contributed by atoms with Crippen LogP contribution in [0.2, 0.25) is 0 Å². The molecule has 1 aromatic heterocycles. The van der Waals surface area contributed by atoms with E-state index < -0.39 is 5.97 Å². The van der Waals surface area contributed by atoms with Crippen LogP contribution in [0.4, 0.5) is 5.82 Å². The average Bonchev–Trinajstić information content (AvgIpc) is 2.39. The smallest absolute Gasteiger partial charge is 0.356 e. The standard InChI is InChI=1S/C11H15N3O3/c1-17-11(16)9-6-10(13-7-12-9)14-4-2-8(15)3-5-14/h6-8,15H,2-5H2,1H3. The van der Waals surface area contributed by atoms with Crippen molar-refractivity contribution in [3.8, 4) is 0 Å². The van der Waals surface area contributed by atoms with Crippen molar-refractivity contribution in [2.75, 3.05) is 25.1 Å². The molecule has 1 aliphatic heterocycles. The zero-order valence-corrected chi connectivity index (χ0v) is 9.67. The van der Waals surface area contributed by atoms with E-state index in [-0.39, 0.29) is 11.8 Å². The Bertz CT molecular complexity index is 403. The summed E-state index contributed by atoms with van der Waals surface area (Å²) < 4.78 is 4.61. The van der Waals surface area contributed by atoms with E-state index in [9.17, 15) is 9.90 Å². The van der Waals surface area contributed by atoms with Crippen molar-refractivity contribution < 1.29 is 14.6 Å². The van der Waals surface area contributed by atoms with Gasteiger partial charge in [-0.05, 0) is 12.8 Å². The normalized spacial score (nSPS) is 16.9. The lowest BCUT2D eigenvalue weighted by Crippen LogP contribution is -2.36. The fourth-order valence-corrected chi connectivity index (χ4v) is 1.83. The number of piperidine rings is 1. The fraction of sp³-hybridized carbons (Fsp3) is 0.545. The Morgan fingerprint density at radius 3 is 2.82 bits per heavy atom. The molecule has 2 heterocycles. The zero-order chi connectivity index (χ0) is 12.3. The fourth-order valence-electron chi connectivity index (χ4n) is 1.83. The van der Waals surface area contributed by atoms with E-state index in [2.05, 4.69) is 14.7 Å². The number of anilines is 1. The first-order valence-electron chi connectivity index (χ1n) is 5.54. The molecule has 0 unspecified atom stereocenters. The Morgan fingerprint density at radius 2 is 2.18 bits per heavy atom. The highest BCUT2D eigenvalue weighted by Gasteiger charge is 2.19. The minimum Gasteiger partial charge on any atom is -0.464 e. The molecule has 2 rings (SSSR count). The minimum atomic E-state index is -0.467. The summed E-state index contributed by atoms with van der Waals surface area (Å²) in [7, 11) is 1.32. The van der Waals surface area contributed by atoms with Gasteiger partial charge in [0.15, 0.2) is 5.69 Å². The second-order valence-corrected chi connectivity index (χ2v) is 3.97. The summed E-state index contributed by atoms with van der Waals surface area (Å²) >= 11 is 0. The number of carbonyl (C=O) groups excluding carboxylic acids is 1. The predicted molar refractivity (Wildman–Crippen MR) is 60.8 cm³/mol. The molecule has 0 aliphatic carbocycles. The van der Waals surface area contributed by atoms with Crippen molar-refractivity contribution in [3.05, 3.63) is 18.1 Å². The number of hydrogen-bond donors (Lipinski definition) is 1. The zero-order valence-electron chi connectivity index (χ0n) is 9.67. The molecule has 1 aliphatic rings. The van der Waals surface area contributed by atoms with Crippen LogP contribution in [-0.2, 0) is 4.74 Å². The van der Waals surface area contributed by atoms with E-state index >= 15 is 0 Å². The minimum absolute atomic E-state index is 0.229. The number of aliphatic hydroxyl groups excluding tert-OH is 1. The molecular formula is C11H15N3O3. The molecule has 1 aromatic rings. The number of aliphatic hydroxyl groups is 1. The van der Waals surface area contributed by atoms with Gasteiger partial charge >= 0.3 is 5.97 Å². The maximum Gasteiger partial charge on any atom is 0.356 e. The van der Waals surface area contributed by atoms with Gasteiger partial charge in [0.1, 0.15) is 12.1 Å². The van der Waals surface area contributed by atoms with Crippen molar-refractivity contribution in [1.82, 2.24) is 9.97 Å². The number of aromatic nitrogens is 2. The van der Waals surface area contributed by atoms with E-state index in [1.165, 1.54) is 13.4 Å². The molecule has 6 nitrogen and oxygen atoms in total. The Labute approximate surface area is 99.2 Å². The quantitative estimate of drug-likeness (QED) is 0.742. The molecule has 0 atom stereocenters. The monoisotopic (exact) mass is 237 g/mol. The summed E-state index contributed by atoms with van der Waals surface area (Å²) in [4.78, 5) is 21.3. The predicted octanol–water partition coefficient (Wildman–Crippen LogP) is 0.224. The number of nitrogens with zero attached hydrogens (tertiary/aromatic N) is 3. The summed E-state index contributed by atoms with van der Waals surface area (Å²) in [6, 6.07) is 1.61. The van der Waals surface area contributed by atoms with E-state index in [0.29, 0.717) is 5.82 Å². The first-order valence-corrected chi connectivity index (χ1v) is 5.54. The van der Waals surface area contributed by atoms with Crippen LogP contribution in [0.25, 0.3) is 0 Å². The maximum atomic E-state index is 11.3. The summed E-state index contributed by atoms with van der Waals surface area (Å²) in [5.41, 5.74) is 0.253. The summed E-state index contributed by atoms with van der Waals surface area (Å²) in [6.07, 6.45) is 2.56. The van der Waals surface area contributed by atoms with Crippen LogP contribution >= 0.6 is 0 Å². The van der Waals surface area contributed by atoms with Gasteiger partial charge in [0.25, 0.3) is 0 Å². The molecule has 0 aromatic carbocycles. The van der Waals surface area contributed by atoms with Gasteiger partial charge in [-0.1, -0.05) is 0 Å². The van der Waals surface area contributed by atoms with Crippen LogP contribution in [0, 0.1) is 0 Å². The topological polar surface area (TPSA) is 75.5 Å². The largest absolute Gasteiger partial charge is 0.464 e. The second kappa shape index (κ2) is 5.09. The molecule has 0 radical (unpaired) electrons. The Hall–Kier alpha value is -1.69. The van der Waals surface area contributed by atoms with Crippen LogP contribution in [0.3, 0.4) is 0 Å². The number of ether oxygens (including phenoxy) is 1. The average molecular weight is 237 g/mol. The summed E-state index contributed by atoms with van der Waals surface area (Å²) in [5, 5.41) is 9.42. The number of rotatable bonds is 2. The molecule has 0 amide bonds. The third kappa shape index (κ3) is 2.71. The third-order valence-corrected chi connectivity index (χ3v) is 2.84. The molecule has 6 heteroatoms. The van der Waals surface area contributed by atoms with Gasteiger partial charge in [0, 0.05) is 19.2 Å². The lowest BCUT2D eigenvalue weighted by molar-refractivity contribution is 0.0593. The molecule has 0 spiro atoms. The van der Waals surface area contributed by atoms with Crippen LogP contribution in [-0.4, -0.2) is 47.3 Å². The molecule has 0 bridgehead atoms. The second-order valence-electron chi connectivity index (χ2n) is 3.97. The Balaban J connectivity index is 2.13. The number of carbonyl (C=O) groups is 1. The number of methoxy groups -OCH3 is 1. The van der Waals surface area contributed by atoms with Crippen LogP contribution in [0.1, 0.15) is 23.3 Å². The first kappa shape index (κ1) is 11.8. The van der Waals surface area contributed by atoms with E-state index in [4.69, 9.17) is 0 Å². The molecule has 92 valence electrons. The molecule has 1 saturated heterocycles. The van der Waals surface area contributed by atoms with Crippen molar-refractivity contribution >= 4 is 11.8 Å². The van der Waals surface area contributed by atoms with E-state index in [1.807, 2.05) is 4.90 Å². The summed E-state index contributed by atoms with van der Waals surface area (Å²) in [5.74, 6) is 0.234. The van der Waals surface area contributed by atoms with Crippen molar-refractivity contribution in [2.24, 2.45) is 0 Å². The highest BCUT2D eigenvalue weighted by molar-refractivity contribution is 5.87. The van der Waals surface area contributed by atoms with Crippen LogP contribution < -0.4 is 4.90 Å². The van der Waals surface area contributed by atoms with Crippen molar-refractivity contribution in [2.45, 2.75) is 18.9 Å². The number of esters is 1. The lowest BCUT2D eigenvalue weighted by Gasteiger charge is -2.30. The Kier molecular flexibility index (Phi) is 3.53. The van der Waals surface area contributed by atoms with E-state index in [0.717, 1.165) is 25.9 Å². The van der Waals surface area contributed by atoms with E-state index in [1.54, 1.807) is 6.07 Å².